The molecule has 0 aliphatic carbocycles. The summed E-state index contributed by atoms with van der Waals surface area (Å²) < 4.78 is 11.1. The molecule has 0 bridgehead atoms. The van der Waals surface area contributed by atoms with Crippen LogP contribution >= 0.6 is 0 Å². The number of carbonyl (C=O) groups is 1. The van der Waals surface area contributed by atoms with Gasteiger partial charge in [-0.15, -0.1) is 0 Å². The molecule has 0 aromatic heterocycles. The van der Waals surface area contributed by atoms with Crippen LogP contribution in [-0.2, 0) is 0 Å². The summed E-state index contributed by atoms with van der Waals surface area (Å²) >= 11 is 0. The molecule has 1 rings (SSSR count). The number of hydrazone groups is 1. The Morgan fingerprint density at radius 1 is 1.45 bits per heavy atom. The summed E-state index contributed by atoms with van der Waals surface area (Å²) in [7, 11) is 0. The zero-order valence-electron chi connectivity index (χ0n) is 11.7. The van der Waals surface area contributed by atoms with E-state index in [0.717, 1.165) is 11.1 Å². The van der Waals surface area contributed by atoms with Crippen molar-refractivity contribution in [2.75, 3.05) is 13.2 Å². The molecule has 0 saturated carbocycles. The lowest BCUT2D eigenvalue weighted by molar-refractivity contribution is 0.249. The largest absolute Gasteiger partial charge is 0.490 e. The highest BCUT2D eigenvalue weighted by Gasteiger charge is 2.06. The standard InChI is InChI=1S/C14H19N3O3/c1-4-19-13-7-11(8-16-17-14(15)18)5-6-12(13)20-9-10(2)3/h5-8H,2,4,9H2,1,3H3,(H3,15,17,18). The molecular weight excluding hydrogens is 258 g/mol. The average molecular weight is 277 g/mol. The molecule has 0 aliphatic rings. The van der Waals surface area contributed by atoms with Crippen LogP contribution in [0.15, 0.2) is 35.5 Å². The van der Waals surface area contributed by atoms with Crippen LogP contribution in [-0.4, -0.2) is 25.5 Å². The fraction of sp³-hybridized carbons (Fsp3) is 0.286. The van der Waals surface area contributed by atoms with Gasteiger partial charge in [0.05, 0.1) is 12.8 Å². The minimum Gasteiger partial charge on any atom is -0.490 e. The lowest BCUT2D eigenvalue weighted by Gasteiger charge is -2.12. The lowest BCUT2D eigenvalue weighted by atomic mass is 10.2. The van der Waals surface area contributed by atoms with Crippen LogP contribution in [0.2, 0.25) is 0 Å². The summed E-state index contributed by atoms with van der Waals surface area (Å²) in [5.41, 5.74) is 8.71. The minimum atomic E-state index is -0.715. The number of amides is 2. The Bertz CT molecular complexity index is 512. The first-order valence-corrected chi connectivity index (χ1v) is 6.15. The van der Waals surface area contributed by atoms with Crippen molar-refractivity contribution in [2.24, 2.45) is 10.8 Å². The van der Waals surface area contributed by atoms with Crippen LogP contribution in [0.25, 0.3) is 0 Å². The molecule has 0 heterocycles. The molecule has 0 radical (unpaired) electrons. The van der Waals surface area contributed by atoms with Gasteiger partial charge in [0.2, 0.25) is 0 Å². The predicted molar refractivity (Wildman–Crippen MR) is 78.2 cm³/mol. The van der Waals surface area contributed by atoms with Gasteiger partial charge in [0.25, 0.3) is 0 Å². The molecule has 0 spiro atoms. The van der Waals surface area contributed by atoms with Crippen molar-refractivity contribution in [2.45, 2.75) is 13.8 Å². The van der Waals surface area contributed by atoms with Gasteiger partial charge in [0.1, 0.15) is 6.61 Å². The Morgan fingerprint density at radius 2 is 2.20 bits per heavy atom. The number of carbonyl (C=O) groups excluding carboxylic acids is 1. The van der Waals surface area contributed by atoms with Gasteiger partial charge < -0.3 is 15.2 Å². The van der Waals surface area contributed by atoms with Gasteiger partial charge in [-0.3, -0.25) is 0 Å². The maximum absolute atomic E-state index is 10.5. The van der Waals surface area contributed by atoms with Crippen molar-refractivity contribution in [3.8, 4) is 11.5 Å². The number of urea groups is 1. The highest BCUT2D eigenvalue weighted by Crippen LogP contribution is 2.28. The SMILES string of the molecule is C=C(C)COc1ccc(C=NNC(N)=O)cc1OCC. The summed E-state index contributed by atoms with van der Waals surface area (Å²) in [6, 6.07) is 4.62. The number of nitrogens with two attached hydrogens (primary N) is 1. The van der Waals surface area contributed by atoms with Gasteiger partial charge in [0.15, 0.2) is 11.5 Å². The quantitative estimate of drug-likeness (QED) is 0.454. The molecule has 2 amide bonds. The molecule has 0 saturated heterocycles. The molecule has 6 nitrogen and oxygen atoms in total. The van der Waals surface area contributed by atoms with Gasteiger partial charge in [-0.2, -0.15) is 5.10 Å². The molecule has 0 aliphatic heterocycles. The van der Waals surface area contributed by atoms with Crippen molar-refractivity contribution in [1.82, 2.24) is 5.43 Å². The van der Waals surface area contributed by atoms with Gasteiger partial charge in [-0.1, -0.05) is 6.58 Å². The zero-order chi connectivity index (χ0) is 15.0. The third kappa shape index (κ3) is 5.43. The summed E-state index contributed by atoms with van der Waals surface area (Å²) in [5.74, 6) is 1.24. The summed E-state index contributed by atoms with van der Waals surface area (Å²) in [5, 5.41) is 3.69. The van der Waals surface area contributed by atoms with E-state index in [-0.39, 0.29) is 0 Å². The number of nitrogens with zero attached hydrogens (tertiary/aromatic N) is 1. The molecular formula is C14H19N3O3. The summed E-state index contributed by atoms with van der Waals surface area (Å²) in [6.07, 6.45) is 1.47. The second-order valence-corrected chi connectivity index (χ2v) is 4.12. The molecule has 0 fully saturated rings. The van der Waals surface area contributed by atoms with Gasteiger partial charge in [-0.25, -0.2) is 10.2 Å². The van der Waals surface area contributed by atoms with E-state index in [4.69, 9.17) is 15.2 Å². The number of primary amides is 1. The van der Waals surface area contributed by atoms with Crippen molar-refractivity contribution >= 4 is 12.2 Å². The van der Waals surface area contributed by atoms with E-state index in [1.807, 2.05) is 13.8 Å². The van der Waals surface area contributed by atoms with Gasteiger partial charge >= 0.3 is 6.03 Å². The Kier molecular flexibility index (Phi) is 6.09. The highest BCUT2D eigenvalue weighted by atomic mass is 16.5. The van der Waals surface area contributed by atoms with Crippen LogP contribution in [0.1, 0.15) is 19.4 Å². The normalized spacial score (nSPS) is 10.3. The van der Waals surface area contributed by atoms with Crippen molar-refractivity contribution in [1.29, 1.82) is 0 Å². The third-order valence-corrected chi connectivity index (χ3v) is 2.13. The fourth-order valence-corrected chi connectivity index (χ4v) is 1.36. The molecule has 0 atom stereocenters. The number of rotatable bonds is 7. The first-order chi connectivity index (χ1) is 9.52. The molecule has 3 N–H and O–H groups in total. The number of hydrogen-bond donors (Lipinski definition) is 2. The van der Waals surface area contributed by atoms with E-state index in [2.05, 4.69) is 17.1 Å². The molecule has 108 valence electrons. The van der Waals surface area contributed by atoms with E-state index in [1.165, 1.54) is 6.21 Å². The highest BCUT2D eigenvalue weighted by molar-refractivity contribution is 5.82. The zero-order valence-corrected chi connectivity index (χ0v) is 11.7. The molecule has 6 heteroatoms. The molecule has 20 heavy (non-hydrogen) atoms. The second kappa shape index (κ2) is 7.83. The monoisotopic (exact) mass is 277 g/mol. The van der Waals surface area contributed by atoms with E-state index in [0.29, 0.717) is 24.7 Å². The third-order valence-electron chi connectivity index (χ3n) is 2.13. The topological polar surface area (TPSA) is 85.9 Å². The van der Waals surface area contributed by atoms with Crippen LogP contribution in [0.5, 0.6) is 11.5 Å². The second-order valence-electron chi connectivity index (χ2n) is 4.12. The Labute approximate surface area is 118 Å². The van der Waals surface area contributed by atoms with E-state index in [9.17, 15) is 4.79 Å². The predicted octanol–water partition coefficient (Wildman–Crippen LogP) is 2.04. The van der Waals surface area contributed by atoms with E-state index >= 15 is 0 Å². The van der Waals surface area contributed by atoms with Crippen LogP contribution in [0.4, 0.5) is 4.79 Å². The maximum Gasteiger partial charge on any atom is 0.332 e. The number of ether oxygens (including phenoxy) is 2. The van der Waals surface area contributed by atoms with Gasteiger partial charge in [0, 0.05) is 0 Å². The molecule has 0 unspecified atom stereocenters. The van der Waals surface area contributed by atoms with Crippen LogP contribution in [0, 0.1) is 0 Å². The maximum atomic E-state index is 10.5. The van der Waals surface area contributed by atoms with Crippen LogP contribution in [0.3, 0.4) is 0 Å². The van der Waals surface area contributed by atoms with Gasteiger partial charge in [-0.05, 0) is 43.2 Å². The van der Waals surface area contributed by atoms with Crippen molar-refractivity contribution < 1.29 is 14.3 Å². The first kappa shape index (κ1) is 15.6. The number of benzene rings is 1. The first-order valence-electron chi connectivity index (χ1n) is 6.15. The Morgan fingerprint density at radius 3 is 2.80 bits per heavy atom. The molecule has 1 aromatic rings. The Hall–Kier alpha value is -2.50. The summed E-state index contributed by atoms with van der Waals surface area (Å²) in [4.78, 5) is 10.5. The fourth-order valence-electron chi connectivity index (χ4n) is 1.36. The molecule has 1 aromatic carbocycles. The Balaban J connectivity index is 2.85. The van der Waals surface area contributed by atoms with Crippen molar-refractivity contribution in [3.05, 3.63) is 35.9 Å². The van der Waals surface area contributed by atoms with E-state index < -0.39 is 6.03 Å². The van der Waals surface area contributed by atoms with Crippen LogP contribution < -0.4 is 20.6 Å². The summed E-state index contributed by atoms with van der Waals surface area (Å²) in [6.45, 7) is 8.50. The van der Waals surface area contributed by atoms with Crippen molar-refractivity contribution in [3.63, 3.8) is 0 Å². The average Bonchev–Trinajstić information content (AvgIpc) is 2.37. The minimum absolute atomic E-state index is 0.427. The lowest BCUT2D eigenvalue weighted by Crippen LogP contribution is -2.24. The number of hydrogen-bond acceptors (Lipinski definition) is 4. The smallest absolute Gasteiger partial charge is 0.332 e. The van der Waals surface area contributed by atoms with E-state index in [1.54, 1.807) is 18.2 Å². The number of nitrogens with one attached hydrogen (secondary N) is 1.